The number of hydrogen-bond donors (Lipinski definition) is 3. The maximum absolute atomic E-state index is 10.4. The van der Waals surface area contributed by atoms with Crippen molar-refractivity contribution in [3.8, 4) is 11.5 Å². The largest absolute Gasteiger partial charge is 0.507 e. The number of aliphatic hydroxyl groups excluding tert-OH is 1. The minimum absolute atomic E-state index is 0.00880. The fourth-order valence-corrected chi connectivity index (χ4v) is 1.06. The molecule has 0 aliphatic rings. The van der Waals surface area contributed by atoms with Crippen molar-refractivity contribution in [3.05, 3.63) is 27.8 Å². The van der Waals surface area contributed by atoms with Gasteiger partial charge in [0.2, 0.25) is 0 Å². The molecular weight excluding hydrogens is 190 g/mol. The number of hydrogen-bond acceptors (Lipinski definition) is 5. The Balaban J connectivity index is 3.34. The van der Waals surface area contributed by atoms with Crippen LogP contribution in [0.2, 0.25) is 0 Å². The quantitative estimate of drug-likeness (QED) is 0.488. The first-order chi connectivity index (χ1) is 6.43. The number of aliphatic hydroxyl groups is 1. The second kappa shape index (κ2) is 3.51. The number of phenols is 2. The lowest BCUT2D eigenvalue weighted by atomic mass is 10.1. The molecule has 1 aromatic rings. The highest BCUT2D eigenvalue weighted by atomic mass is 16.6. The van der Waals surface area contributed by atoms with Crippen LogP contribution in [0.5, 0.6) is 11.5 Å². The van der Waals surface area contributed by atoms with Gasteiger partial charge in [0, 0.05) is 17.7 Å². The Hall–Kier alpha value is -1.82. The number of aromatic hydroxyl groups is 2. The van der Waals surface area contributed by atoms with E-state index in [2.05, 4.69) is 0 Å². The van der Waals surface area contributed by atoms with Crippen molar-refractivity contribution in [2.75, 3.05) is 0 Å². The molecule has 76 valence electrons. The number of benzene rings is 1. The predicted octanol–water partition coefficient (Wildman–Crippen LogP) is 1.06. The summed E-state index contributed by atoms with van der Waals surface area (Å²) in [5.41, 5.74) is -0.534. The molecule has 0 spiro atoms. The molecule has 1 atom stereocenters. The van der Waals surface area contributed by atoms with Crippen LogP contribution in [0.25, 0.3) is 0 Å². The van der Waals surface area contributed by atoms with Crippen LogP contribution in [-0.2, 0) is 0 Å². The molecule has 1 aromatic carbocycles. The molecule has 0 fully saturated rings. The van der Waals surface area contributed by atoms with Crippen molar-refractivity contribution >= 4 is 5.69 Å². The van der Waals surface area contributed by atoms with E-state index >= 15 is 0 Å². The summed E-state index contributed by atoms with van der Waals surface area (Å²) < 4.78 is 0. The van der Waals surface area contributed by atoms with Crippen LogP contribution < -0.4 is 0 Å². The Bertz CT molecular complexity index is 374. The fourth-order valence-electron chi connectivity index (χ4n) is 1.06. The van der Waals surface area contributed by atoms with Crippen molar-refractivity contribution in [2.45, 2.75) is 13.0 Å². The van der Waals surface area contributed by atoms with Crippen molar-refractivity contribution in [3.63, 3.8) is 0 Å². The third-order valence-electron chi connectivity index (χ3n) is 1.77. The van der Waals surface area contributed by atoms with E-state index in [1.54, 1.807) is 0 Å². The molecule has 3 N–H and O–H groups in total. The van der Waals surface area contributed by atoms with Gasteiger partial charge in [0.05, 0.1) is 11.0 Å². The van der Waals surface area contributed by atoms with Crippen LogP contribution in [-0.4, -0.2) is 20.2 Å². The van der Waals surface area contributed by atoms with Gasteiger partial charge in [-0.1, -0.05) is 0 Å². The minimum Gasteiger partial charge on any atom is -0.507 e. The summed E-state index contributed by atoms with van der Waals surface area (Å²) in [4.78, 5) is 9.60. The van der Waals surface area contributed by atoms with Crippen LogP contribution in [0, 0.1) is 10.1 Å². The topological polar surface area (TPSA) is 104 Å². The Morgan fingerprint density at radius 3 is 2.36 bits per heavy atom. The molecule has 0 bridgehead atoms. The number of nitrogens with zero attached hydrogens (tertiary/aromatic N) is 1. The zero-order valence-electron chi connectivity index (χ0n) is 7.34. The lowest BCUT2D eigenvalue weighted by Gasteiger charge is -2.07. The highest BCUT2D eigenvalue weighted by Crippen LogP contribution is 2.35. The molecule has 0 aromatic heterocycles. The smallest absolute Gasteiger partial charge is 0.311 e. The molecule has 0 amide bonds. The average molecular weight is 199 g/mol. The van der Waals surface area contributed by atoms with Gasteiger partial charge in [-0.25, -0.2) is 0 Å². The van der Waals surface area contributed by atoms with Crippen LogP contribution in [0.4, 0.5) is 5.69 Å². The van der Waals surface area contributed by atoms with Gasteiger partial charge >= 0.3 is 5.69 Å². The van der Waals surface area contributed by atoms with Gasteiger partial charge in [-0.2, -0.15) is 0 Å². The van der Waals surface area contributed by atoms with Gasteiger partial charge in [-0.3, -0.25) is 10.1 Å². The molecule has 1 unspecified atom stereocenters. The van der Waals surface area contributed by atoms with Crippen molar-refractivity contribution in [2.24, 2.45) is 0 Å². The third-order valence-corrected chi connectivity index (χ3v) is 1.77. The Kier molecular flexibility index (Phi) is 2.57. The predicted molar refractivity (Wildman–Crippen MR) is 47.1 cm³/mol. The summed E-state index contributed by atoms with van der Waals surface area (Å²) in [5, 5.41) is 37.8. The standard InChI is InChI=1S/C8H9NO5/c1-4(10)5-2-6(9(13)14)8(12)3-7(5)11/h2-4,10-12H,1H3. The number of phenolic OH excluding ortho intramolecular Hbond substituents is 2. The zero-order valence-corrected chi connectivity index (χ0v) is 7.34. The van der Waals surface area contributed by atoms with Crippen LogP contribution >= 0.6 is 0 Å². The highest BCUT2D eigenvalue weighted by Gasteiger charge is 2.19. The van der Waals surface area contributed by atoms with E-state index in [0.29, 0.717) is 0 Å². The van der Waals surface area contributed by atoms with Gasteiger partial charge in [-0.05, 0) is 6.92 Å². The summed E-state index contributed by atoms with van der Waals surface area (Å²) in [6.45, 7) is 1.36. The Morgan fingerprint density at radius 2 is 1.93 bits per heavy atom. The molecule has 6 heteroatoms. The fraction of sp³-hybridized carbons (Fsp3) is 0.250. The molecule has 0 aliphatic carbocycles. The molecule has 0 heterocycles. The maximum Gasteiger partial charge on any atom is 0.311 e. The lowest BCUT2D eigenvalue weighted by molar-refractivity contribution is -0.386. The van der Waals surface area contributed by atoms with E-state index in [0.717, 1.165) is 12.1 Å². The first-order valence-corrected chi connectivity index (χ1v) is 3.81. The van der Waals surface area contributed by atoms with E-state index < -0.39 is 22.5 Å². The molecular formula is C8H9NO5. The van der Waals surface area contributed by atoms with E-state index in [-0.39, 0.29) is 11.3 Å². The molecule has 1 rings (SSSR count). The second-order valence-electron chi connectivity index (χ2n) is 2.83. The number of rotatable bonds is 2. The number of nitro benzene ring substituents is 1. The molecule has 0 radical (unpaired) electrons. The second-order valence-corrected chi connectivity index (χ2v) is 2.83. The van der Waals surface area contributed by atoms with Crippen LogP contribution in [0.15, 0.2) is 12.1 Å². The van der Waals surface area contributed by atoms with Crippen molar-refractivity contribution in [1.82, 2.24) is 0 Å². The first kappa shape index (κ1) is 10.3. The normalized spacial score (nSPS) is 12.4. The van der Waals surface area contributed by atoms with Gasteiger partial charge < -0.3 is 15.3 Å². The molecule has 0 saturated carbocycles. The Morgan fingerprint density at radius 1 is 1.36 bits per heavy atom. The first-order valence-electron chi connectivity index (χ1n) is 3.81. The monoisotopic (exact) mass is 199 g/mol. The maximum atomic E-state index is 10.4. The number of nitro groups is 1. The van der Waals surface area contributed by atoms with E-state index in [1.165, 1.54) is 6.92 Å². The minimum atomic E-state index is -1.03. The summed E-state index contributed by atoms with van der Waals surface area (Å²) in [6, 6.07) is 1.77. The zero-order chi connectivity index (χ0) is 10.9. The molecule has 14 heavy (non-hydrogen) atoms. The van der Waals surface area contributed by atoms with Crippen LogP contribution in [0.1, 0.15) is 18.6 Å². The van der Waals surface area contributed by atoms with E-state index in [4.69, 9.17) is 10.2 Å². The van der Waals surface area contributed by atoms with Crippen molar-refractivity contribution in [1.29, 1.82) is 0 Å². The van der Waals surface area contributed by atoms with Crippen molar-refractivity contribution < 1.29 is 20.2 Å². The van der Waals surface area contributed by atoms with Gasteiger partial charge in [0.1, 0.15) is 5.75 Å². The van der Waals surface area contributed by atoms with Gasteiger partial charge in [-0.15, -0.1) is 0 Å². The summed E-state index contributed by atoms with van der Waals surface area (Å²) in [7, 11) is 0. The van der Waals surface area contributed by atoms with Gasteiger partial charge in [0.25, 0.3) is 0 Å². The SMILES string of the molecule is CC(O)c1cc([N+](=O)[O-])c(O)cc1O. The molecule has 0 saturated heterocycles. The molecule has 0 aliphatic heterocycles. The Labute approximate surface area is 79.2 Å². The third kappa shape index (κ3) is 1.74. The van der Waals surface area contributed by atoms with E-state index in [9.17, 15) is 15.2 Å². The summed E-state index contributed by atoms with van der Waals surface area (Å²) >= 11 is 0. The summed E-state index contributed by atoms with van der Waals surface area (Å²) in [6.07, 6.45) is -1.03. The lowest BCUT2D eigenvalue weighted by Crippen LogP contribution is -1.95. The average Bonchev–Trinajstić information content (AvgIpc) is 2.02. The highest BCUT2D eigenvalue weighted by molar-refractivity contribution is 5.54. The van der Waals surface area contributed by atoms with E-state index in [1.807, 2.05) is 0 Å². The summed E-state index contributed by atoms with van der Waals surface area (Å²) in [5.74, 6) is -1.000. The van der Waals surface area contributed by atoms with Crippen LogP contribution in [0.3, 0.4) is 0 Å². The molecule has 6 nitrogen and oxygen atoms in total. The van der Waals surface area contributed by atoms with Gasteiger partial charge in [0.15, 0.2) is 5.75 Å².